The van der Waals surface area contributed by atoms with Gasteiger partial charge in [0.15, 0.2) is 17.7 Å². The maximum absolute atomic E-state index is 14.0. The van der Waals surface area contributed by atoms with E-state index in [4.69, 9.17) is 4.74 Å². The minimum absolute atomic E-state index is 0.0261. The zero-order valence-corrected chi connectivity index (χ0v) is 19.4. The molecule has 0 spiro atoms. The van der Waals surface area contributed by atoms with Crippen LogP contribution in [0.2, 0.25) is 0 Å². The molecule has 11 heteroatoms. The number of carbonyl (C=O) groups is 2. The molecular weight excluding hydrogens is 443 g/mol. The maximum Gasteiger partial charge on any atom is 0.272 e. The van der Waals surface area contributed by atoms with Crippen molar-refractivity contribution < 1.29 is 23.5 Å². The number of benzene rings is 1. The van der Waals surface area contributed by atoms with Gasteiger partial charge in [-0.3, -0.25) is 19.7 Å². The molecule has 0 aliphatic carbocycles. The Balaban J connectivity index is 1.53. The Morgan fingerprint density at radius 1 is 1.47 bits per heavy atom. The van der Waals surface area contributed by atoms with Crippen LogP contribution in [0.3, 0.4) is 0 Å². The minimum Gasteiger partial charge on any atom is -0.610 e. The maximum atomic E-state index is 14.0. The van der Waals surface area contributed by atoms with E-state index < -0.39 is 34.1 Å². The van der Waals surface area contributed by atoms with Crippen LogP contribution in [-0.2, 0) is 4.79 Å². The number of fused-ring (bicyclic) bond motifs is 1. The third kappa shape index (κ3) is 4.57. The highest BCUT2D eigenvalue weighted by molar-refractivity contribution is 5.99. The summed E-state index contributed by atoms with van der Waals surface area (Å²) in [6.07, 6.45) is 0.364. The molecule has 1 unspecified atom stereocenters. The predicted molar refractivity (Wildman–Crippen MR) is 121 cm³/mol. The van der Waals surface area contributed by atoms with Gasteiger partial charge in [-0.15, -0.1) is 5.43 Å². The van der Waals surface area contributed by atoms with Gasteiger partial charge in [-0.2, -0.15) is 5.26 Å². The van der Waals surface area contributed by atoms with E-state index in [0.29, 0.717) is 30.3 Å². The SMILES string of the molecule is COc1c(F)ccc2[nH]c(C(=O)N[C@@H]3CC(C)(C)C[N+]3([O-])N[C@H](C#N)C[C@@H]3CCNC3=O)cc12. The quantitative estimate of drug-likeness (QED) is 0.359. The summed E-state index contributed by atoms with van der Waals surface area (Å²) < 4.78 is 18.2. The predicted octanol–water partition coefficient (Wildman–Crippen LogP) is 2.04. The number of hydrogen-bond donors (Lipinski definition) is 4. The van der Waals surface area contributed by atoms with Crippen molar-refractivity contribution in [1.82, 2.24) is 21.0 Å². The van der Waals surface area contributed by atoms with E-state index in [1.807, 2.05) is 13.8 Å². The number of hydroxylamine groups is 2. The number of carbonyl (C=O) groups excluding carboxylic acids is 2. The number of aromatic amines is 1. The Morgan fingerprint density at radius 2 is 2.24 bits per heavy atom. The number of hydrogen-bond acceptors (Lipinski definition) is 6. The van der Waals surface area contributed by atoms with Crippen LogP contribution < -0.4 is 20.8 Å². The molecule has 4 atom stereocenters. The Hall–Kier alpha value is -3.20. The molecule has 3 heterocycles. The van der Waals surface area contributed by atoms with E-state index in [2.05, 4.69) is 27.1 Å². The van der Waals surface area contributed by atoms with Crippen molar-refractivity contribution in [1.29, 1.82) is 5.26 Å². The third-order valence-corrected chi connectivity index (χ3v) is 6.58. The molecule has 2 aromatic rings. The Labute approximate surface area is 196 Å². The molecule has 0 bridgehead atoms. The second-order valence-corrected chi connectivity index (χ2v) is 9.86. The molecule has 2 saturated heterocycles. The average Bonchev–Trinajstić information content (AvgIpc) is 3.43. The summed E-state index contributed by atoms with van der Waals surface area (Å²) in [5, 5.41) is 29.4. The van der Waals surface area contributed by atoms with Crippen LogP contribution in [-0.4, -0.2) is 54.0 Å². The summed E-state index contributed by atoms with van der Waals surface area (Å²) in [7, 11) is 1.35. The normalized spacial score (nSPS) is 26.8. The van der Waals surface area contributed by atoms with Gasteiger partial charge in [0.05, 0.1) is 13.2 Å². The van der Waals surface area contributed by atoms with Gasteiger partial charge in [-0.05, 0) is 31.0 Å². The molecule has 1 aromatic carbocycles. The van der Waals surface area contributed by atoms with Gasteiger partial charge in [0, 0.05) is 35.2 Å². The Kier molecular flexibility index (Phi) is 6.24. The van der Waals surface area contributed by atoms with Crippen LogP contribution in [0.4, 0.5) is 4.39 Å². The average molecular weight is 473 g/mol. The van der Waals surface area contributed by atoms with Crippen LogP contribution in [0.5, 0.6) is 5.75 Å². The fourth-order valence-corrected chi connectivity index (χ4v) is 5.03. The van der Waals surface area contributed by atoms with E-state index in [1.54, 1.807) is 0 Å². The number of aromatic nitrogens is 1. The van der Waals surface area contributed by atoms with Crippen molar-refractivity contribution >= 4 is 22.7 Å². The van der Waals surface area contributed by atoms with E-state index >= 15 is 0 Å². The number of quaternary nitrogens is 1. The van der Waals surface area contributed by atoms with E-state index in [1.165, 1.54) is 25.3 Å². The van der Waals surface area contributed by atoms with Gasteiger partial charge in [-0.1, -0.05) is 13.8 Å². The standard InChI is InChI=1S/C23H29FN6O4/c1-23(2)10-19(30(33,12-23)29-14(11-25)8-13-6-7-26-21(13)31)28-22(32)18-9-15-17(27-18)5-4-16(24)20(15)34-3/h4-5,9,13-14,19,27,29H,6-8,10,12H2,1-3H3,(H,26,31)(H,28,32)/t13-,14-,19-,30?/m0/s1. The molecule has 2 aliphatic rings. The lowest BCUT2D eigenvalue weighted by Gasteiger charge is -2.44. The number of nitriles is 1. The highest BCUT2D eigenvalue weighted by Crippen LogP contribution is 2.37. The lowest BCUT2D eigenvalue weighted by Crippen LogP contribution is -2.65. The van der Waals surface area contributed by atoms with Crippen LogP contribution in [0, 0.1) is 33.7 Å². The van der Waals surface area contributed by atoms with Gasteiger partial charge >= 0.3 is 0 Å². The van der Waals surface area contributed by atoms with Crippen molar-refractivity contribution in [3.8, 4) is 11.8 Å². The smallest absolute Gasteiger partial charge is 0.272 e. The first-order valence-corrected chi connectivity index (χ1v) is 11.3. The fraction of sp³-hybridized carbons (Fsp3) is 0.522. The molecule has 10 nitrogen and oxygen atoms in total. The number of amides is 2. The summed E-state index contributed by atoms with van der Waals surface area (Å²) in [6, 6.07) is 5.48. The third-order valence-electron chi connectivity index (χ3n) is 6.58. The van der Waals surface area contributed by atoms with Crippen molar-refractivity contribution in [3.05, 3.63) is 34.9 Å². The van der Waals surface area contributed by atoms with Crippen molar-refractivity contribution in [2.75, 3.05) is 20.2 Å². The Morgan fingerprint density at radius 3 is 2.88 bits per heavy atom. The lowest BCUT2D eigenvalue weighted by atomic mass is 9.92. The number of nitrogens with zero attached hydrogens (tertiary/aromatic N) is 2. The summed E-state index contributed by atoms with van der Waals surface area (Å²) in [5.74, 6) is -1.48. The van der Waals surface area contributed by atoms with Gasteiger partial charge in [0.25, 0.3) is 5.91 Å². The Bertz CT molecular complexity index is 1160. The minimum atomic E-state index is -0.983. The summed E-state index contributed by atoms with van der Waals surface area (Å²) >= 11 is 0. The van der Waals surface area contributed by atoms with Crippen LogP contribution >= 0.6 is 0 Å². The second-order valence-electron chi connectivity index (χ2n) is 9.86. The topological polar surface area (TPSA) is 142 Å². The second kappa shape index (κ2) is 8.87. The zero-order valence-electron chi connectivity index (χ0n) is 19.4. The molecule has 0 saturated carbocycles. The van der Waals surface area contributed by atoms with E-state index in [-0.39, 0.29) is 36.2 Å². The first-order chi connectivity index (χ1) is 16.0. The first-order valence-electron chi connectivity index (χ1n) is 11.3. The monoisotopic (exact) mass is 472 g/mol. The number of ether oxygens (including phenoxy) is 1. The molecular formula is C23H29FN6O4. The molecule has 1 aromatic heterocycles. The molecule has 182 valence electrons. The van der Waals surface area contributed by atoms with E-state index in [0.717, 1.165) is 0 Å². The molecule has 4 rings (SSSR count). The number of nitrogens with one attached hydrogen (secondary N) is 4. The largest absolute Gasteiger partial charge is 0.610 e. The van der Waals surface area contributed by atoms with Crippen molar-refractivity contribution in [2.45, 2.75) is 45.3 Å². The number of rotatable bonds is 7. The molecule has 34 heavy (non-hydrogen) atoms. The van der Waals surface area contributed by atoms with Crippen LogP contribution in [0.1, 0.15) is 43.6 Å². The van der Waals surface area contributed by atoms with Crippen LogP contribution in [0.15, 0.2) is 18.2 Å². The zero-order chi connectivity index (χ0) is 24.7. The number of H-pyrrole nitrogens is 1. The first kappa shape index (κ1) is 23.9. The van der Waals surface area contributed by atoms with Gasteiger partial charge in [0.1, 0.15) is 18.3 Å². The number of methoxy groups -OCH3 is 1. The number of halogens is 1. The highest BCUT2D eigenvalue weighted by Gasteiger charge is 2.48. The molecule has 4 N–H and O–H groups in total. The molecule has 2 amide bonds. The van der Waals surface area contributed by atoms with Crippen molar-refractivity contribution in [3.63, 3.8) is 0 Å². The van der Waals surface area contributed by atoms with Gasteiger partial charge in [0.2, 0.25) is 5.91 Å². The summed E-state index contributed by atoms with van der Waals surface area (Å²) in [6.45, 7) is 4.55. The van der Waals surface area contributed by atoms with Crippen LogP contribution in [0.25, 0.3) is 10.9 Å². The summed E-state index contributed by atoms with van der Waals surface area (Å²) in [5.41, 5.74) is 3.14. The van der Waals surface area contributed by atoms with Crippen molar-refractivity contribution in [2.24, 2.45) is 11.3 Å². The summed E-state index contributed by atoms with van der Waals surface area (Å²) in [4.78, 5) is 27.9. The molecule has 2 aliphatic heterocycles. The van der Waals surface area contributed by atoms with Gasteiger partial charge in [-0.25, -0.2) is 4.39 Å². The van der Waals surface area contributed by atoms with E-state index in [9.17, 15) is 24.4 Å². The molecule has 2 fully saturated rings. The fourth-order valence-electron chi connectivity index (χ4n) is 5.03. The lowest BCUT2D eigenvalue weighted by molar-refractivity contribution is -0.942. The highest BCUT2D eigenvalue weighted by atomic mass is 19.1. The molecule has 0 radical (unpaired) electrons. The van der Waals surface area contributed by atoms with Gasteiger partial charge < -0.3 is 20.2 Å².